The molecule has 0 radical (unpaired) electrons. The number of hydrogen-bond acceptors (Lipinski definition) is 2. The lowest BCUT2D eigenvalue weighted by Crippen LogP contribution is -2.21. The van der Waals surface area contributed by atoms with Crippen molar-refractivity contribution in [2.45, 2.75) is 45.2 Å². The number of carbonyl (C=O) groups is 2. The molecular formula is C13H24BNO2. The van der Waals surface area contributed by atoms with Gasteiger partial charge in [-0.05, 0) is 12.5 Å². The summed E-state index contributed by atoms with van der Waals surface area (Å²) in [5.41, 5.74) is 0.132. The Morgan fingerprint density at radius 2 is 1.76 bits per heavy atom. The van der Waals surface area contributed by atoms with Crippen LogP contribution in [0.4, 0.5) is 0 Å². The van der Waals surface area contributed by atoms with Crippen LogP contribution in [0.3, 0.4) is 0 Å². The minimum Gasteiger partial charge on any atom is -0.349 e. The molecule has 1 amide bonds. The second-order valence-corrected chi connectivity index (χ2v) is 4.75. The minimum absolute atomic E-state index is 0.0934. The first kappa shape index (κ1) is 15.9. The average molecular weight is 237 g/mol. The maximum absolute atomic E-state index is 11.3. The van der Waals surface area contributed by atoms with Crippen molar-refractivity contribution in [1.29, 1.82) is 0 Å². The molecule has 0 aliphatic rings. The van der Waals surface area contributed by atoms with Crippen LogP contribution >= 0.6 is 0 Å². The number of amides is 1. The highest BCUT2D eigenvalue weighted by molar-refractivity contribution is 6.90. The van der Waals surface area contributed by atoms with Crippen LogP contribution in [0.15, 0.2) is 12.7 Å². The molecule has 0 spiro atoms. The van der Waals surface area contributed by atoms with Crippen LogP contribution in [0.5, 0.6) is 0 Å². The second kappa shape index (κ2) is 9.02. The van der Waals surface area contributed by atoms with Gasteiger partial charge in [0.25, 0.3) is 0 Å². The third kappa shape index (κ3) is 7.78. The van der Waals surface area contributed by atoms with E-state index in [9.17, 15) is 9.59 Å². The fourth-order valence-corrected chi connectivity index (χ4v) is 1.65. The summed E-state index contributed by atoms with van der Waals surface area (Å²) in [5, 5.41) is 0. The molecule has 0 saturated heterocycles. The van der Waals surface area contributed by atoms with E-state index in [1.165, 1.54) is 6.08 Å². The van der Waals surface area contributed by atoms with Gasteiger partial charge in [0, 0.05) is 20.5 Å². The lowest BCUT2D eigenvalue weighted by Gasteiger charge is -2.09. The van der Waals surface area contributed by atoms with Gasteiger partial charge in [-0.2, -0.15) is 0 Å². The van der Waals surface area contributed by atoms with E-state index < -0.39 is 0 Å². The Bertz CT molecular complexity index is 264. The SMILES string of the molecule is C=CC(=O)B(C)CCCCCCC(=O)N(C)C. The normalized spacial score (nSPS) is 9.82. The van der Waals surface area contributed by atoms with E-state index >= 15 is 0 Å². The van der Waals surface area contributed by atoms with E-state index in [1.807, 2.05) is 6.82 Å². The molecule has 0 rings (SSSR count). The molecular weight excluding hydrogens is 213 g/mol. The Labute approximate surface area is 105 Å². The maximum atomic E-state index is 11.3. The van der Waals surface area contributed by atoms with Crippen molar-refractivity contribution >= 4 is 18.3 Å². The molecule has 0 atom stereocenters. The van der Waals surface area contributed by atoms with Crippen molar-refractivity contribution in [2.24, 2.45) is 0 Å². The highest BCUT2D eigenvalue weighted by Crippen LogP contribution is 2.09. The Morgan fingerprint density at radius 3 is 2.29 bits per heavy atom. The van der Waals surface area contributed by atoms with Crippen LogP contribution in [0, 0.1) is 0 Å². The maximum Gasteiger partial charge on any atom is 0.225 e. The van der Waals surface area contributed by atoms with Gasteiger partial charge in [-0.25, -0.2) is 0 Å². The first-order valence-corrected chi connectivity index (χ1v) is 6.35. The molecule has 0 bridgehead atoms. The molecule has 0 N–H and O–H groups in total. The highest BCUT2D eigenvalue weighted by Gasteiger charge is 2.13. The number of unbranched alkanes of at least 4 members (excludes halogenated alkanes) is 3. The van der Waals surface area contributed by atoms with Crippen molar-refractivity contribution in [1.82, 2.24) is 4.90 Å². The summed E-state index contributed by atoms with van der Waals surface area (Å²) in [5.74, 6) is 0.195. The molecule has 4 heteroatoms. The Morgan fingerprint density at radius 1 is 1.18 bits per heavy atom. The minimum atomic E-state index is 0.0934. The zero-order chi connectivity index (χ0) is 13.3. The van der Waals surface area contributed by atoms with Crippen molar-refractivity contribution in [3.63, 3.8) is 0 Å². The molecule has 0 unspecified atom stereocenters. The van der Waals surface area contributed by atoms with E-state index in [1.54, 1.807) is 19.0 Å². The zero-order valence-electron chi connectivity index (χ0n) is 11.4. The van der Waals surface area contributed by atoms with Gasteiger partial charge in [0.2, 0.25) is 12.6 Å². The molecule has 0 saturated carbocycles. The summed E-state index contributed by atoms with van der Waals surface area (Å²) >= 11 is 0. The molecule has 96 valence electrons. The summed E-state index contributed by atoms with van der Waals surface area (Å²) in [6.07, 6.45) is 7.11. The lowest BCUT2D eigenvalue weighted by atomic mass is 9.45. The molecule has 17 heavy (non-hydrogen) atoms. The van der Waals surface area contributed by atoms with E-state index in [4.69, 9.17) is 0 Å². The third-order valence-electron chi connectivity index (χ3n) is 2.96. The Kier molecular flexibility index (Phi) is 8.46. The van der Waals surface area contributed by atoms with Crippen LogP contribution < -0.4 is 0 Å². The van der Waals surface area contributed by atoms with Crippen LogP contribution in [0.1, 0.15) is 32.1 Å². The van der Waals surface area contributed by atoms with Crippen LogP contribution in [-0.2, 0) is 9.59 Å². The molecule has 0 aliphatic heterocycles. The predicted octanol–water partition coefficient (Wildman–Crippen LogP) is 2.44. The molecule has 0 aromatic rings. The number of hydrogen-bond donors (Lipinski definition) is 0. The molecule has 0 heterocycles. The molecule has 0 aromatic heterocycles. The number of carbonyl (C=O) groups excluding carboxylic acids is 2. The van der Waals surface area contributed by atoms with Crippen molar-refractivity contribution in [3.8, 4) is 0 Å². The first-order valence-electron chi connectivity index (χ1n) is 6.35. The van der Waals surface area contributed by atoms with Crippen molar-refractivity contribution in [2.75, 3.05) is 14.1 Å². The van der Waals surface area contributed by atoms with Crippen molar-refractivity contribution in [3.05, 3.63) is 12.7 Å². The molecule has 0 fully saturated rings. The Balaban J connectivity index is 3.44. The predicted molar refractivity (Wildman–Crippen MR) is 73.4 cm³/mol. The van der Waals surface area contributed by atoms with Gasteiger partial charge in [0.05, 0.1) is 0 Å². The topological polar surface area (TPSA) is 37.4 Å². The monoisotopic (exact) mass is 237 g/mol. The van der Waals surface area contributed by atoms with Gasteiger partial charge in [-0.1, -0.05) is 39.0 Å². The van der Waals surface area contributed by atoms with Gasteiger partial charge in [-0.3, -0.25) is 4.79 Å². The molecule has 0 aliphatic carbocycles. The number of nitrogens with zero attached hydrogens (tertiary/aromatic N) is 1. The largest absolute Gasteiger partial charge is 0.349 e. The van der Waals surface area contributed by atoms with Gasteiger partial charge >= 0.3 is 0 Å². The second-order valence-electron chi connectivity index (χ2n) is 4.75. The summed E-state index contributed by atoms with van der Waals surface area (Å²) in [6.45, 7) is 5.52. The standard InChI is InChI=1S/C13H24BNO2/c1-5-12(16)14(2)11-9-7-6-8-10-13(17)15(3)4/h5H,1,6-11H2,2-4H3. The number of allylic oxidation sites excluding steroid dienone is 1. The summed E-state index contributed by atoms with van der Waals surface area (Å²) in [7, 11) is 3.57. The summed E-state index contributed by atoms with van der Waals surface area (Å²) in [6, 6.07) is 0. The fraction of sp³-hybridized carbons (Fsp3) is 0.692. The van der Waals surface area contributed by atoms with Crippen LogP contribution in [0.25, 0.3) is 0 Å². The van der Waals surface area contributed by atoms with E-state index in [0.717, 1.165) is 32.0 Å². The van der Waals surface area contributed by atoms with Crippen LogP contribution in [-0.4, -0.2) is 37.3 Å². The van der Waals surface area contributed by atoms with E-state index in [0.29, 0.717) is 6.42 Å². The highest BCUT2D eigenvalue weighted by atomic mass is 16.2. The third-order valence-corrected chi connectivity index (χ3v) is 2.96. The smallest absolute Gasteiger partial charge is 0.225 e. The quantitative estimate of drug-likeness (QED) is 0.351. The molecule has 3 nitrogen and oxygen atoms in total. The van der Waals surface area contributed by atoms with Gasteiger partial charge in [-0.15, -0.1) is 0 Å². The number of rotatable bonds is 9. The zero-order valence-corrected chi connectivity index (χ0v) is 11.4. The van der Waals surface area contributed by atoms with E-state index in [2.05, 4.69) is 6.58 Å². The summed E-state index contributed by atoms with van der Waals surface area (Å²) in [4.78, 5) is 24.1. The van der Waals surface area contributed by atoms with Crippen molar-refractivity contribution < 1.29 is 9.59 Å². The van der Waals surface area contributed by atoms with Gasteiger partial charge in [0.15, 0.2) is 0 Å². The fourth-order valence-electron chi connectivity index (χ4n) is 1.65. The average Bonchev–Trinajstić information content (AvgIpc) is 2.31. The summed E-state index contributed by atoms with van der Waals surface area (Å²) < 4.78 is 0. The lowest BCUT2D eigenvalue weighted by molar-refractivity contribution is -0.128. The van der Waals surface area contributed by atoms with E-state index in [-0.39, 0.29) is 18.3 Å². The van der Waals surface area contributed by atoms with Gasteiger partial charge < -0.3 is 9.69 Å². The molecule has 0 aromatic carbocycles. The first-order chi connectivity index (χ1) is 7.99. The van der Waals surface area contributed by atoms with Crippen LogP contribution in [0.2, 0.25) is 13.1 Å². The Hall–Kier alpha value is -1.06. The van der Waals surface area contributed by atoms with Gasteiger partial charge in [0.1, 0.15) is 5.68 Å².